The third-order valence-corrected chi connectivity index (χ3v) is 2.11. The molecule has 1 aromatic rings. The molecule has 68 valence electrons. The van der Waals surface area contributed by atoms with E-state index in [0.717, 1.165) is 0 Å². The van der Waals surface area contributed by atoms with Gasteiger partial charge in [0.15, 0.2) is 0 Å². The molecule has 0 amide bonds. The molecule has 0 radical (unpaired) electrons. The summed E-state index contributed by atoms with van der Waals surface area (Å²) in [6, 6.07) is 5.42. The number of hydrogen-bond donors (Lipinski definition) is 0. The highest BCUT2D eigenvalue weighted by Gasteiger charge is 2.12. The van der Waals surface area contributed by atoms with E-state index in [-0.39, 0.29) is 17.3 Å². The lowest BCUT2D eigenvalue weighted by molar-refractivity contribution is 0.593. The van der Waals surface area contributed by atoms with Crippen LogP contribution in [-0.2, 0) is 0 Å². The van der Waals surface area contributed by atoms with Crippen molar-refractivity contribution in [1.82, 2.24) is 0 Å². The van der Waals surface area contributed by atoms with Crippen LogP contribution in [0.5, 0.6) is 0 Å². The minimum Gasteiger partial charge on any atom is -0.205 e. The van der Waals surface area contributed by atoms with Gasteiger partial charge in [-0.15, -0.1) is 0 Å². The topological polar surface area (TPSA) is 23.8 Å². The lowest BCUT2D eigenvalue weighted by Crippen LogP contribution is -1.98. The summed E-state index contributed by atoms with van der Waals surface area (Å²) in [5.74, 6) is -0.245. The summed E-state index contributed by atoms with van der Waals surface area (Å²) in [6.07, 6.45) is 0. The molecule has 1 rings (SSSR count). The molecular formula is C11H12FN. The third-order valence-electron chi connectivity index (χ3n) is 2.11. The molecule has 0 unspecified atom stereocenters. The van der Waals surface area contributed by atoms with Crippen LogP contribution in [0.15, 0.2) is 12.1 Å². The Bertz CT molecular complexity index is 361. The summed E-state index contributed by atoms with van der Waals surface area (Å²) in [7, 11) is 0. The van der Waals surface area contributed by atoms with Crippen molar-refractivity contribution in [2.75, 3.05) is 0 Å². The summed E-state index contributed by atoms with van der Waals surface area (Å²) in [5, 5.41) is 8.72. The maximum Gasteiger partial charge on any atom is 0.144 e. The second kappa shape index (κ2) is 3.57. The zero-order valence-corrected chi connectivity index (χ0v) is 8.06. The maximum absolute atomic E-state index is 13.6. The van der Waals surface area contributed by atoms with E-state index in [4.69, 9.17) is 5.26 Å². The molecule has 1 nitrogen and oxygen atoms in total. The molecular weight excluding hydrogens is 165 g/mol. The van der Waals surface area contributed by atoms with Crippen LogP contribution in [0.4, 0.5) is 4.39 Å². The summed E-state index contributed by atoms with van der Waals surface area (Å²) in [4.78, 5) is 0. The molecule has 0 bridgehead atoms. The number of aryl methyl sites for hydroxylation is 1. The van der Waals surface area contributed by atoms with Crippen LogP contribution < -0.4 is 0 Å². The molecule has 0 aliphatic heterocycles. The first kappa shape index (κ1) is 9.73. The highest BCUT2D eigenvalue weighted by Crippen LogP contribution is 2.22. The van der Waals surface area contributed by atoms with E-state index in [1.807, 2.05) is 19.9 Å². The normalized spacial score (nSPS) is 10.2. The van der Waals surface area contributed by atoms with E-state index in [9.17, 15) is 4.39 Å². The minimum absolute atomic E-state index is 0.118. The van der Waals surface area contributed by atoms with Crippen LogP contribution in [-0.4, -0.2) is 0 Å². The average molecular weight is 177 g/mol. The Kier molecular flexibility index (Phi) is 2.67. The van der Waals surface area contributed by atoms with E-state index >= 15 is 0 Å². The van der Waals surface area contributed by atoms with Crippen molar-refractivity contribution in [3.05, 3.63) is 34.6 Å². The second-order valence-electron chi connectivity index (χ2n) is 3.43. The Balaban J connectivity index is 3.38. The van der Waals surface area contributed by atoms with Gasteiger partial charge in [0.05, 0.1) is 5.56 Å². The van der Waals surface area contributed by atoms with Crippen molar-refractivity contribution in [1.29, 1.82) is 5.26 Å². The Morgan fingerprint density at radius 2 is 2.00 bits per heavy atom. The van der Waals surface area contributed by atoms with Gasteiger partial charge < -0.3 is 0 Å². The van der Waals surface area contributed by atoms with Gasteiger partial charge in [0.1, 0.15) is 11.9 Å². The molecule has 0 spiro atoms. The van der Waals surface area contributed by atoms with E-state index in [2.05, 4.69) is 0 Å². The minimum atomic E-state index is -0.363. The fourth-order valence-electron chi connectivity index (χ4n) is 1.27. The summed E-state index contributed by atoms with van der Waals surface area (Å²) in [5.41, 5.74) is 1.48. The van der Waals surface area contributed by atoms with Crippen molar-refractivity contribution >= 4 is 0 Å². The molecule has 0 saturated carbocycles. The lowest BCUT2D eigenvalue weighted by atomic mass is 9.97. The lowest BCUT2D eigenvalue weighted by Gasteiger charge is -2.09. The average Bonchev–Trinajstić information content (AvgIpc) is 2.04. The first-order valence-electron chi connectivity index (χ1n) is 4.27. The van der Waals surface area contributed by atoms with Crippen molar-refractivity contribution in [3.63, 3.8) is 0 Å². The van der Waals surface area contributed by atoms with Gasteiger partial charge in [-0.2, -0.15) is 5.26 Å². The molecule has 1 aromatic carbocycles. The zero-order valence-electron chi connectivity index (χ0n) is 8.06. The maximum atomic E-state index is 13.6. The SMILES string of the molecule is Cc1ccc(C(C)C)c(F)c1C#N. The van der Waals surface area contributed by atoms with Crippen molar-refractivity contribution in [2.24, 2.45) is 0 Å². The third kappa shape index (κ3) is 1.70. The van der Waals surface area contributed by atoms with Crippen LogP contribution in [0.2, 0.25) is 0 Å². The largest absolute Gasteiger partial charge is 0.205 e. The summed E-state index contributed by atoms with van der Waals surface area (Å²) in [6.45, 7) is 5.57. The Morgan fingerprint density at radius 3 is 2.46 bits per heavy atom. The van der Waals surface area contributed by atoms with Crippen molar-refractivity contribution in [3.8, 4) is 6.07 Å². The van der Waals surface area contributed by atoms with E-state index in [1.165, 1.54) is 0 Å². The number of halogens is 1. The van der Waals surface area contributed by atoms with Crippen LogP contribution in [0.3, 0.4) is 0 Å². The molecule has 0 atom stereocenters. The second-order valence-corrected chi connectivity index (χ2v) is 3.43. The number of benzene rings is 1. The van der Waals surface area contributed by atoms with Gasteiger partial charge in [0.2, 0.25) is 0 Å². The summed E-state index contributed by atoms with van der Waals surface area (Å²) >= 11 is 0. The monoisotopic (exact) mass is 177 g/mol. The number of rotatable bonds is 1. The zero-order chi connectivity index (χ0) is 10.0. The number of nitriles is 1. The Hall–Kier alpha value is -1.36. The van der Waals surface area contributed by atoms with E-state index in [1.54, 1.807) is 19.1 Å². The fourth-order valence-corrected chi connectivity index (χ4v) is 1.27. The van der Waals surface area contributed by atoms with Gasteiger partial charge >= 0.3 is 0 Å². The number of hydrogen-bond acceptors (Lipinski definition) is 1. The molecule has 0 aliphatic carbocycles. The molecule has 0 heterocycles. The molecule has 0 fully saturated rings. The van der Waals surface area contributed by atoms with Crippen molar-refractivity contribution < 1.29 is 4.39 Å². The highest BCUT2D eigenvalue weighted by atomic mass is 19.1. The van der Waals surface area contributed by atoms with E-state index < -0.39 is 0 Å². The fraction of sp³-hybridized carbons (Fsp3) is 0.364. The van der Waals surface area contributed by atoms with Gasteiger partial charge in [0, 0.05) is 0 Å². The first-order chi connectivity index (χ1) is 6.07. The molecule has 0 N–H and O–H groups in total. The predicted molar refractivity (Wildman–Crippen MR) is 49.9 cm³/mol. The quantitative estimate of drug-likeness (QED) is 0.646. The standard InChI is InChI=1S/C11H12FN/c1-7(2)9-5-4-8(3)10(6-13)11(9)12/h4-5,7H,1-3H3. The van der Waals surface area contributed by atoms with Crippen LogP contribution in [0.25, 0.3) is 0 Å². The van der Waals surface area contributed by atoms with Crippen LogP contribution in [0.1, 0.15) is 36.5 Å². The molecule has 0 aromatic heterocycles. The van der Waals surface area contributed by atoms with Gasteiger partial charge in [-0.25, -0.2) is 4.39 Å². The van der Waals surface area contributed by atoms with Crippen LogP contribution >= 0.6 is 0 Å². The molecule has 0 aliphatic rings. The molecule has 0 saturated heterocycles. The first-order valence-corrected chi connectivity index (χ1v) is 4.27. The van der Waals surface area contributed by atoms with E-state index in [0.29, 0.717) is 11.1 Å². The Labute approximate surface area is 77.8 Å². The van der Waals surface area contributed by atoms with Gasteiger partial charge in [-0.1, -0.05) is 26.0 Å². The van der Waals surface area contributed by atoms with Gasteiger partial charge in [-0.3, -0.25) is 0 Å². The van der Waals surface area contributed by atoms with Crippen LogP contribution in [0, 0.1) is 24.1 Å². The smallest absolute Gasteiger partial charge is 0.144 e. The van der Waals surface area contributed by atoms with Gasteiger partial charge in [-0.05, 0) is 24.0 Å². The summed E-state index contributed by atoms with van der Waals surface area (Å²) < 4.78 is 13.6. The number of nitrogens with zero attached hydrogens (tertiary/aromatic N) is 1. The molecule has 13 heavy (non-hydrogen) atoms. The van der Waals surface area contributed by atoms with Crippen molar-refractivity contribution in [2.45, 2.75) is 26.7 Å². The molecule has 2 heteroatoms. The Morgan fingerprint density at radius 1 is 1.38 bits per heavy atom. The highest BCUT2D eigenvalue weighted by molar-refractivity contribution is 5.42. The van der Waals surface area contributed by atoms with Gasteiger partial charge in [0.25, 0.3) is 0 Å². The predicted octanol–water partition coefficient (Wildman–Crippen LogP) is 3.13.